The van der Waals surface area contributed by atoms with Crippen LogP contribution in [0.15, 0.2) is 158 Å². The second kappa shape index (κ2) is 15.5. The summed E-state index contributed by atoms with van der Waals surface area (Å²) in [7, 11) is 0. The summed E-state index contributed by atoms with van der Waals surface area (Å²) in [6, 6.07) is 53.7. The Kier molecular flexibility index (Phi) is 10.4. The molecule has 5 nitrogen and oxygen atoms in total. The molecule has 0 amide bonds. The molecule has 294 valence electrons. The van der Waals surface area contributed by atoms with Crippen LogP contribution in [0.1, 0.15) is 52.7 Å². The molecule has 0 aliphatic carbocycles. The van der Waals surface area contributed by atoms with Crippen molar-refractivity contribution in [2.45, 2.75) is 52.4 Å². The maximum atomic E-state index is 11.0. The minimum absolute atomic E-state index is 0. The molecule has 1 N–H and O–H groups in total. The average molecular weight is 949 g/mol. The van der Waals surface area contributed by atoms with Crippen LogP contribution in [-0.4, -0.2) is 24.6 Å². The molecule has 0 aliphatic heterocycles. The third kappa shape index (κ3) is 7.76. The Hall–Kier alpha value is -6.16. The van der Waals surface area contributed by atoms with E-state index >= 15 is 0 Å². The molecule has 0 radical (unpaired) electrons. The zero-order chi connectivity index (χ0) is 40.2. The predicted molar refractivity (Wildman–Crippen MR) is 239 cm³/mol. The molecular weight excluding hydrogens is 904 g/mol. The van der Waals surface area contributed by atoms with Crippen molar-refractivity contribution in [2.24, 2.45) is 0 Å². The van der Waals surface area contributed by atoms with Gasteiger partial charge in [0.2, 0.25) is 0 Å². The Bertz CT molecular complexity index is 2960. The van der Waals surface area contributed by atoms with Gasteiger partial charge in [0.15, 0.2) is 0 Å². The molecule has 0 fully saturated rings. The number of aromatic nitrogens is 4. The molecule has 6 heteroatoms. The van der Waals surface area contributed by atoms with Crippen molar-refractivity contribution in [3.63, 3.8) is 0 Å². The first kappa shape index (κ1) is 39.7. The van der Waals surface area contributed by atoms with Crippen LogP contribution in [0.5, 0.6) is 5.75 Å². The van der Waals surface area contributed by atoms with E-state index in [0.29, 0.717) is 11.3 Å². The molecule has 4 aromatic heterocycles. The molecule has 59 heavy (non-hydrogen) atoms. The first-order chi connectivity index (χ1) is 27.9. The summed E-state index contributed by atoms with van der Waals surface area (Å²) in [4.78, 5) is 14.8. The standard InChI is InChI=1S/C53H45N4O.Pt/c1-52(2,3)40-27-38(28-41(33-40)53(4,5)6)39-31-47(56-48(32-39)44-18-10-11-20-50(44)58)37-15-12-14-36(26-37)46-30-35(23-25-54-46)34-21-22-49-45(29-34)43-19-13-24-55-51(43)57(49)42-16-8-7-9-17-42;/h7-25,27-33,58H,1-6H3;/q-1;. The molecule has 5 aromatic carbocycles. The van der Waals surface area contributed by atoms with E-state index in [-0.39, 0.29) is 37.6 Å². The zero-order valence-corrected chi connectivity index (χ0v) is 36.3. The number of hydrogen-bond donors (Lipinski definition) is 1. The van der Waals surface area contributed by atoms with Crippen LogP contribution in [-0.2, 0) is 31.9 Å². The van der Waals surface area contributed by atoms with E-state index in [1.54, 1.807) is 6.07 Å². The monoisotopic (exact) mass is 948 g/mol. The van der Waals surface area contributed by atoms with Crippen LogP contribution in [0, 0.1) is 6.07 Å². The average Bonchev–Trinajstić information content (AvgIpc) is 3.57. The Morgan fingerprint density at radius 3 is 1.88 bits per heavy atom. The molecule has 0 aliphatic rings. The molecule has 9 aromatic rings. The maximum absolute atomic E-state index is 11.0. The quantitative estimate of drug-likeness (QED) is 0.169. The van der Waals surface area contributed by atoms with E-state index < -0.39 is 0 Å². The topological polar surface area (TPSA) is 63.8 Å². The van der Waals surface area contributed by atoms with Crippen LogP contribution in [0.4, 0.5) is 0 Å². The van der Waals surface area contributed by atoms with E-state index in [1.165, 1.54) is 11.1 Å². The fourth-order valence-corrected chi connectivity index (χ4v) is 7.71. The third-order valence-electron chi connectivity index (χ3n) is 11.0. The predicted octanol–water partition coefficient (Wildman–Crippen LogP) is 13.4. The Morgan fingerprint density at radius 2 is 1.15 bits per heavy atom. The molecule has 0 saturated heterocycles. The molecule has 4 heterocycles. The van der Waals surface area contributed by atoms with E-state index in [2.05, 4.69) is 143 Å². The van der Waals surface area contributed by atoms with E-state index in [4.69, 9.17) is 15.0 Å². The van der Waals surface area contributed by atoms with Crippen molar-refractivity contribution in [3.05, 3.63) is 175 Å². The fraction of sp³-hybridized carbons (Fsp3) is 0.151. The van der Waals surface area contributed by atoms with Crippen molar-refractivity contribution in [2.75, 3.05) is 0 Å². The number of pyridine rings is 3. The minimum Gasteiger partial charge on any atom is -0.507 e. The first-order valence-electron chi connectivity index (χ1n) is 19.8. The number of nitrogens with zero attached hydrogens (tertiary/aromatic N) is 4. The van der Waals surface area contributed by atoms with Crippen molar-refractivity contribution < 1.29 is 26.2 Å². The van der Waals surface area contributed by atoms with E-state index in [9.17, 15) is 5.11 Å². The molecule has 0 bridgehead atoms. The normalized spacial score (nSPS) is 11.8. The van der Waals surface area contributed by atoms with Gasteiger partial charge in [0, 0.05) is 66.9 Å². The smallest absolute Gasteiger partial charge is 0.145 e. The molecule has 0 spiro atoms. The van der Waals surface area contributed by atoms with Gasteiger partial charge in [-0.15, -0.1) is 24.3 Å². The van der Waals surface area contributed by atoms with Gasteiger partial charge in [0.25, 0.3) is 0 Å². The van der Waals surface area contributed by atoms with Crippen molar-refractivity contribution in [3.8, 4) is 67.5 Å². The van der Waals surface area contributed by atoms with Gasteiger partial charge in [-0.25, -0.2) is 4.98 Å². The minimum atomic E-state index is -0.0416. The second-order valence-electron chi connectivity index (χ2n) is 17.1. The number of phenolic OH excluding ortho intramolecular Hbond substituents is 1. The Labute approximate surface area is 360 Å². The Balaban J connectivity index is 0.00000484. The molecule has 9 rings (SSSR count). The summed E-state index contributed by atoms with van der Waals surface area (Å²) in [5, 5.41) is 13.3. The number of hydrogen-bond acceptors (Lipinski definition) is 4. The van der Waals surface area contributed by atoms with Gasteiger partial charge in [0.05, 0.1) is 11.2 Å². The van der Waals surface area contributed by atoms with Crippen LogP contribution in [0.25, 0.3) is 83.6 Å². The molecule has 0 atom stereocenters. The molecule has 0 saturated carbocycles. The third-order valence-corrected chi connectivity index (χ3v) is 11.0. The first-order valence-corrected chi connectivity index (χ1v) is 19.8. The van der Waals surface area contributed by atoms with Gasteiger partial charge in [-0.2, -0.15) is 0 Å². The van der Waals surface area contributed by atoms with Crippen molar-refractivity contribution in [1.82, 2.24) is 19.5 Å². The van der Waals surface area contributed by atoms with Gasteiger partial charge in [-0.1, -0.05) is 119 Å². The van der Waals surface area contributed by atoms with Gasteiger partial charge in [-0.05, 0) is 105 Å². The number of para-hydroxylation sites is 2. The summed E-state index contributed by atoms with van der Waals surface area (Å²) in [5.41, 5.74) is 14.5. The van der Waals surface area contributed by atoms with Crippen LogP contribution in [0.3, 0.4) is 0 Å². The summed E-state index contributed by atoms with van der Waals surface area (Å²) in [6.45, 7) is 13.5. The molecule has 0 unspecified atom stereocenters. The van der Waals surface area contributed by atoms with Gasteiger partial charge in [0.1, 0.15) is 11.4 Å². The van der Waals surface area contributed by atoms with Crippen molar-refractivity contribution >= 4 is 21.9 Å². The van der Waals surface area contributed by atoms with Gasteiger partial charge in [-0.3, -0.25) is 14.5 Å². The van der Waals surface area contributed by atoms with Gasteiger partial charge >= 0.3 is 0 Å². The largest absolute Gasteiger partial charge is 0.507 e. The fourth-order valence-electron chi connectivity index (χ4n) is 7.71. The zero-order valence-electron chi connectivity index (χ0n) is 34.1. The summed E-state index contributed by atoms with van der Waals surface area (Å²) in [5.74, 6) is 0.190. The summed E-state index contributed by atoms with van der Waals surface area (Å²) >= 11 is 0. The number of benzene rings is 5. The van der Waals surface area contributed by atoms with Crippen molar-refractivity contribution in [1.29, 1.82) is 0 Å². The van der Waals surface area contributed by atoms with Gasteiger partial charge < -0.3 is 5.11 Å². The number of aromatic hydroxyl groups is 1. The van der Waals surface area contributed by atoms with Crippen LogP contribution >= 0.6 is 0 Å². The maximum Gasteiger partial charge on any atom is 0.145 e. The number of fused-ring (bicyclic) bond motifs is 3. The summed E-state index contributed by atoms with van der Waals surface area (Å²) in [6.07, 6.45) is 3.72. The summed E-state index contributed by atoms with van der Waals surface area (Å²) < 4.78 is 2.23. The van der Waals surface area contributed by atoms with Crippen LogP contribution in [0.2, 0.25) is 0 Å². The Morgan fingerprint density at radius 1 is 0.508 bits per heavy atom. The molecular formula is C53H45N4OPt-. The van der Waals surface area contributed by atoms with E-state index in [1.807, 2.05) is 60.9 Å². The van der Waals surface area contributed by atoms with E-state index in [0.717, 1.165) is 72.4 Å². The number of phenols is 1. The number of rotatable bonds is 6. The second-order valence-corrected chi connectivity index (χ2v) is 17.1. The SMILES string of the molecule is CC(C)(C)c1cc(-c2cc(-c3[c-]c(-c4cc(-c5ccc6c(c5)c5cccnc5n6-c5ccccc5)ccn4)ccc3)nc(-c3ccccc3O)c2)cc(C(C)(C)C)c1.[Pt]. The van der Waals surface area contributed by atoms with Crippen LogP contribution < -0.4 is 0 Å².